The average Bonchev–Trinajstić information content (AvgIpc) is 1.85. The number of nitrogens with two attached hydrogens (primary N) is 1. The Morgan fingerprint density at radius 1 is 1.62 bits per heavy atom. The molecule has 46 valence electrons. The van der Waals surface area contributed by atoms with Crippen LogP contribution in [0.2, 0.25) is 0 Å². The summed E-state index contributed by atoms with van der Waals surface area (Å²) in [6, 6.07) is 0. The maximum atomic E-state index is 10.1. The Hall–Kier alpha value is -0.420. The van der Waals surface area contributed by atoms with Gasteiger partial charge in [-0.3, -0.25) is 5.73 Å². The van der Waals surface area contributed by atoms with Crippen molar-refractivity contribution in [3.05, 3.63) is 0 Å². The zero-order valence-corrected chi connectivity index (χ0v) is 4.80. The third-order valence-corrected chi connectivity index (χ3v) is 1.13. The number of thiol groups is 1. The van der Waals surface area contributed by atoms with Gasteiger partial charge in [0, 0.05) is 0 Å². The van der Waals surface area contributed by atoms with Gasteiger partial charge in [0.1, 0.15) is 0 Å². The molecule has 2 unspecified atom stereocenters. The Labute approximate surface area is 51.3 Å². The molecule has 0 spiro atoms. The number of ether oxygens (including phenoxy) is 2. The Balaban J connectivity index is 2.51. The van der Waals surface area contributed by atoms with Crippen molar-refractivity contribution >= 4 is 18.8 Å². The van der Waals surface area contributed by atoms with Crippen LogP contribution >= 0.6 is 12.6 Å². The first-order valence-corrected chi connectivity index (χ1v) is 2.53. The highest BCUT2D eigenvalue weighted by molar-refractivity contribution is 7.80. The standard InChI is InChI=1S/C3H5NO3S/c4-1-2(8)7-3(5)6-1/h1-2,8H,4H2. The van der Waals surface area contributed by atoms with Crippen molar-refractivity contribution in [2.24, 2.45) is 5.73 Å². The van der Waals surface area contributed by atoms with E-state index in [1.165, 1.54) is 0 Å². The van der Waals surface area contributed by atoms with E-state index in [4.69, 9.17) is 5.73 Å². The summed E-state index contributed by atoms with van der Waals surface area (Å²) in [6.07, 6.45) is -1.47. The van der Waals surface area contributed by atoms with Crippen LogP contribution in [0.3, 0.4) is 0 Å². The topological polar surface area (TPSA) is 61.5 Å². The third kappa shape index (κ3) is 0.873. The van der Waals surface area contributed by atoms with Gasteiger partial charge in [0.2, 0.25) is 6.23 Å². The van der Waals surface area contributed by atoms with Crippen LogP contribution in [0.25, 0.3) is 0 Å². The molecule has 0 aromatic heterocycles. The molecular formula is C3H5NO3S. The summed E-state index contributed by atoms with van der Waals surface area (Å²) in [4.78, 5) is 10.1. The quantitative estimate of drug-likeness (QED) is 0.353. The smallest absolute Gasteiger partial charge is 0.415 e. The van der Waals surface area contributed by atoms with Gasteiger partial charge >= 0.3 is 6.16 Å². The van der Waals surface area contributed by atoms with Crippen molar-refractivity contribution < 1.29 is 14.3 Å². The van der Waals surface area contributed by atoms with E-state index in [9.17, 15) is 4.79 Å². The van der Waals surface area contributed by atoms with E-state index in [-0.39, 0.29) is 0 Å². The van der Waals surface area contributed by atoms with E-state index in [0.29, 0.717) is 0 Å². The predicted octanol–water partition coefficient (Wildman–Crippen LogP) is -0.306. The van der Waals surface area contributed by atoms with Crippen molar-refractivity contribution in [1.82, 2.24) is 0 Å². The second-order valence-corrected chi connectivity index (χ2v) is 1.85. The van der Waals surface area contributed by atoms with Gasteiger partial charge in [-0.15, -0.1) is 12.6 Å². The summed E-state index contributed by atoms with van der Waals surface area (Å²) < 4.78 is 8.67. The zero-order chi connectivity index (χ0) is 6.15. The SMILES string of the molecule is NC1OC(=O)OC1S. The molecule has 2 atom stereocenters. The fourth-order valence-electron chi connectivity index (χ4n) is 0.363. The minimum absolute atomic E-state index is 0.609. The summed E-state index contributed by atoms with van der Waals surface area (Å²) >= 11 is 3.75. The molecule has 1 aliphatic heterocycles. The van der Waals surface area contributed by atoms with Crippen LogP contribution < -0.4 is 5.73 Å². The molecule has 2 N–H and O–H groups in total. The minimum atomic E-state index is -0.752. The van der Waals surface area contributed by atoms with Crippen molar-refractivity contribution in [3.63, 3.8) is 0 Å². The molecule has 1 rings (SSSR count). The Morgan fingerprint density at radius 2 is 2.25 bits per heavy atom. The summed E-state index contributed by atoms with van der Waals surface area (Å²) in [5.74, 6) is 0. The van der Waals surface area contributed by atoms with Gasteiger partial charge in [-0.2, -0.15) is 0 Å². The largest absolute Gasteiger partial charge is 0.511 e. The number of rotatable bonds is 0. The fraction of sp³-hybridized carbons (Fsp3) is 0.667. The highest BCUT2D eigenvalue weighted by Gasteiger charge is 2.30. The van der Waals surface area contributed by atoms with Crippen LogP contribution in [0.5, 0.6) is 0 Å². The van der Waals surface area contributed by atoms with Gasteiger partial charge < -0.3 is 9.47 Å². The fourth-order valence-corrected chi connectivity index (χ4v) is 0.510. The van der Waals surface area contributed by atoms with Gasteiger partial charge in [-0.1, -0.05) is 0 Å². The average molecular weight is 135 g/mol. The van der Waals surface area contributed by atoms with E-state index in [1.807, 2.05) is 0 Å². The number of cyclic esters (lactones) is 2. The van der Waals surface area contributed by atoms with Crippen LogP contribution in [0.4, 0.5) is 4.79 Å². The van der Waals surface area contributed by atoms with E-state index in [0.717, 1.165) is 0 Å². The number of hydrogen-bond acceptors (Lipinski definition) is 5. The van der Waals surface area contributed by atoms with E-state index >= 15 is 0 Å². The molecule has 1 heterocycles. The lowest BCUT2D eigenvalue weighted by molar-refractivity contribution is 0.119. The highest BCUT2D eigenvalue weighted by atomic mass is 32.1. The van der Waals surface area contributed by atoms with Crippen LogP contribution in [-0.4, -0.2) is 17.8 Å². The lowest BCUT2D eigenvalue weighted by atomic mass is 10.6. The molecule has 0 saturated carbocycles. The molecule has 0 bridgehead atoms. The van der Waals surface area contributed by atoms with Gasteiger partial charge in [0.05, 0.1) is 0 Å². The third-order valence-electron chi connectivity index (χ3n) is 0.730. The summed E-state index contributed by atoms with van der Waals surface area (Å²) in [7, 11) is 0. The number of carbonyl (C=O) groups excluding carboxylic acids is 1. The van der Waals surface area contributed by atoms with Gasteiger partial charge in [-0.05, 0) is 0 Å². The van der Waals surface area contributed by atoms with E-state index < -0.39 is 17.8 Å². The van der Waals surface area contributed by atoms with Gasteiger partial charge in [-0.25, -0.2) is 4.79 Å². The lowest BCUT2D eigenvalue weighted by Crippen LogP contribution is -2.27. The summed E-state index contributed by atoms with van der Waals surface area (Å²) in [5, 5.41) is 0. The second kappa shape index (κ2) is 1.83. The monoisotopic (exact) mass is 135 g/mol. The Kier molecular flexibility index (Phi) is 1.31. The van der Waals surface area contributed by atoms with Crippen LogP contribution in [0.1, 0.15) is 0 Å². The van der Waals surface area contributed by atoms with Gasteiger partial charge in [0.25, 0.3) is 0 Å². The molecule has 1 fully saturated rings. The molecule has 4 nitrogen and oxygen atoms in total. The van der Waals surface area contributed by atoms with Crippen LogP contribution in [-0.2, 0) is 9.47 Å². The molecule has 1 aliphatic rings. The molecule has 0 aromatic carbocycles. The Bertz CT molecular complexity index is 105. The first-order valence-electron chi connectivity index (χ1n) is 2.01. The van der Waals surface area contributed by atoms with Crippen LogP contribution in [0, 0.1) is 0 Å². The molecule has 1 saturated heterocycles. The zero-order valence-electron chi connectivity index (χ0n) is 3.90. The maximum absolute atomic E-state index is 10.1. The lowest BCUT2D eigenvalue weighted by Gasteiger charge is -1.99. The molecular weight excluding hydrogens is 130 g/mol. The normalized spacial score (nSPS) is 36.5. The van der Waals surface area contributed by atoms with E-state index in [2.05, 4.69) is 22.1 Å². The first kappa shape index (κ1) is 5.71. The molecule has 0 aromatic rings. The number of hydrogen-bond donors (Lipinski definition) is 2. The summed E-state index contributed by atoms with van der Waals surface area (Å²) in [6.45, 7) is 0. The predicted molar refractivity (Wildman–Crippen MR) is 28.3 cm³/mol. The maximum Gasteiger partial charge on any atom is 0.511 e. The highest BCUT2D eigenvalue weighted by Crippen LogP contribution is 2.12. The van der Waals surface area contributed by atoms with Crippen molar-refractivity contribution in [3.8, 4) is 0 Å². The van der Waals surface area contributed by atoms with Crippen molar-refractivity contribution in [2.45, 2.75) is 11.7 Å². The molecule has 8 heavy (non-hydrogen) atoms. The van der Waals surface area contributed by atoms with Gasteiger partial charge in [0.15, 0.2) is 5.44 Å². The van der Waals surface area contributed by atoms with E-state index in [1.54, 1.807) is 0 Å². The molecule has 0 radical (unpaired) electrons. The minimum Gasteiger partial charge on any atom is -0.415 e. The molecule has 0 amide bonds. The summed E-state index contributed by atoms with van der Waals surface area (Å²) in [5.41, 5.74) is 4.52. The van der Waals surface area contributed by atoms with Crippen LogP contribution in [0.15, 0.2) is 0 Å². The second-order valence-electron chi connectivity index (χ2n) is 1.34. The molecule has 5 heteroatoms. The first-order chi connectivity index (χ1) is 3.70. The van der Waals surface area contributed by atoms with Crippen molar-refractivity contribution in [1.29, 1.82) is 0 Å². The number of carbonyl (C=O) groups is 1. The van der Waals surface area contributed by atoms with Crippen molar-refractivity contribution in [2.75, 3.05) is 0 Å². The Morgan fingerprint density at radius 3 is 2.38 bits per heavy atom. The molecule has 0 aliphatic carbocycles.